The van der Waals surface area contributed by atoms with Crippen LogP contribution in [-0.2, 0) is 14.3 Å². The monoisotopic (exact) mass is 458 g/mol. The maximum atomic E-state index is 14.4. The molecule has 2 atom stereocenters. The molecule has 33 heavy (non-hydrogen) atoms. The summed E-state index contributed by atoms with van der Waals surface area (Å²) in [5, 5.41) is 10.8. The van der Waals surface area contributed by atoms with E-state index in [4.69, 9.17) is 4.74 Å². The summed E-state index contributed by atoms with van der Waals surface area (Å²) in [5.41, 5.74) is -0.640. The van der Waals surface area contributed by atoms with E-state index in [0.717, 1.165) is 32.1 Å². The number of hydrogen-bond acceptors (Lipinski definition) is 6. The van der Waals surface area contributed by atoms with Gasteiger partial charge in [-0.15, -0.1) is 0 Å². The van der Waals surface area contributed by atoms with E-state index in [1.54, 1.807) is 17.0 Å². The van der Waals surface area contributed by atoms with Crippen molar-refractivity contribution in [3.63, 3.8) is 0 Å². The van der Waals surface area contributed by atoms with Gasteiger partial charge in [0.25, 0.3) is 5.91 Å². The van der Waals surface area contributed by atoms with Crippen molar-refractivity contribution in [3.8, 4) is 0 Å². The highest BCUT2D eigenvalue weighted by Crippen LogP contribution is 2.61. The molecule has 8 heteroatoms. The molecule has 7 nitrogen and oxygen atoms in total. The fourth-order valence-electron chi connectivity index (χ4n) is 7.00. The first-order valence-corrected chi connectivity index (χ1v) is 11.9. The first-order valence-electron chi connectivity index (χ1n) is 11.9. The molecular weight excluding hydrogens is 427 g/mol. The summed E-state index contributed by atoms with van der Waals surface area (Å²) >= 11 is 0. The zero-order valence-electron chi connectivity index (χ0n) is 19.0. The summed E-state index contributed by atoms with van der Waals surface area (Å²) in [6.07, 6.45) is 4.60. The van der Waals surface area contributed by atoms with Gasteiger partial charge in [-0.3, -0.25) is 14.4 Å². The molecule has 4 aliphatic carbocycles. The van der Waals surface area contributed by atoms with Crippen molar-refractivity contribution in [2.75, 3.05) is 37.7 Å². The van der Waals surface area contributed by atoms with E-state index in [-0.39, 0.29) is 24.3 Å². The van der Waals surface area contributed by atoms with Gasteiger partial charge in [0.15, 0.2) is 12.4 Å². The molecule has 6 rings (SSSR count). The second-order valence-electron chi connectivity index (χ2n) is 10.6. The van der Waals surface area contributed by atoms with Crippen LogP contribution in [0, 0.1) is 23.1 Å². The number of carbonyl (C=O) groups is 3. The number of ketones is 1. The number of benzene rings is 1. The summed E-state index contributed by atoms with van der Waals surface area (Å²) < 4.78 is 20.0. The number of ether oxygens (including phenoxy) is 1. The highest BCUT2D eigenvalue weighted by atomic mass is 19.1. The molecular formula is C25H31FN2O5. The summed E-state index contributed by atoms with van der Waals surface area (Å²) in [7, 11) is 0. The molecule has 1 saturated heterocycles. The van der Waals surface area contributed by atoms with Crippen molar-refractivity contribution < 1.29 is 28.6 Å². The number of halogens is 1. The van der Waals surface area contributed by atoms with Crippen LogP contribution in [0.25, 0.3) is 0 Å². The van der Waals surface area contributed by atoms with E-state index in [9.17, 15) is 23.9 Å². The van der Waals surface area contributed by atoms with E-state index >= 15 is 0 Å². The van der Waals surface area contributed by atoms with Crippen LogP contribution in [0.15, 0.2) is 18.2 Å². The third-order valence-electron chi connectivity index (χ3n) is 8.12. The zero-order chi connectivity index (χ0) is 23.4. The molecule has 1 amide bonds. The third-order valence-corrected chi connectivity index (χ3v) is 8.12. The molecule has 5 fully saturated rings. The lowest BCUT2D eigenvalue weighted by molar-refractivity contribution is -0.197. The molecule has 1 heterocycles. The molecule has 5 aliphatic rings. The molecule has 1 N–H and O–H groups in total. The Morgan fingerprint density at radius 3 is 2.33 bits per heavy atom. The van der Waals surface area contributed by atoms with Crippen molar-refractivity contribution in [2.24, 2.45) is 17.3 Å². The number of amides is 1. The van der Waals surface area contributed by atoms with E-state index in [1.165, 1.54) is 13.0 Å². The quantitative estimate of drug-likeness (QED) is 0.539. The van der Waals surface area contributed by atoms with Gasteiger partial charge in [-0.1, -0.05) is 0 Å². The molecule has 178 valence electrons. The molecule has 1 aliphatic heterocycles. The highest BCUT2D eigenvalue weighted by Gasteiger charge is 2.61. The summed E-state index contributed by atoms with van der Waals surface area (Å²) in [6, 6.07) is 4.46. The molecule has 0 radical (unpaired) electrons. The Labute approximate surface area is 192 Å². The van der Waals surface area contributed by atoms with Gasteiger partial charge in [-0.25, -0.2) is 4.39 Å². The Morgan fingerprint density at radius 2 is 1.76 bits per heavy atom. The predicted octanol–water partition coefficient (Wildman–Crippen LogP) is 2.55. The maximum absolute atomic E-state index is 14.4. The van der Waals surface area contributed by atoms with Gasteiger partial charge in [0, 0.05) is 31.7 Å². The van der Waals surface area contributed by atoms with Crippen molar-refractivity contribution in [2.45, 2.75) is 51.0 Å². The Balaban J connectivity index is 1.14. The van der Waals surface area contributed by atoms with Crippen LogP contribution in [0.5, 0.6) is 0 Å². The minimum Gasteiger partial charge on any atom is -0.455 e. The molecule has 1 aromatic carbocycles. The summed E-state index contributed by atoms with van der Waals surface area (Å²) in [6.45, 7) is 2.82. The average Bonchev–Trinajstić information content (AvgIpc) is 2.75. The number of nitrogens with zero attached hydrogens (tertiary/aromatic N) is 2. The summed E-state index contributed by atoms with van der Waals surface area (Å²) in [4.78, 5) is 40.6. The smallest absolute Gasteiger partial charge is 0.312 e. The first-order chi connectivity index (χ1) is 15.7. The predicted molar refractivity (Wildman–Crippen MR) is 118 cm³/mol. The number of Topliss-reactive ketones (excluding diaryl/α,β-unsaturated/α-hetero) is 1. The number of carbonyl (C=O) groups excluding carboxylic acids is 3. The van der Waals surface area contributed by atoms with Gasteiger partial charge in [-0.05, 0) is 75.5 Å². The van der Waals surface area contributed by atoms with E-state index in [1.807, 2.05) is 4.90 Å². The van der Waals surface area contributed by atoms with Crippen LogP contribution in [0.3, 0.4) is 0 Å². The van der Waals surface area contributed by atoms with Crippen molar-refractivity contribution in [1.82, 2.24) is 4.90 Å². The Bertz CT molecular complexity index is 973. The number of aliphatic hydroxyl groups is 1. The minimum absolute atomic E-state index is 0.187. The fraction of sp³-hybridized carbons (Fsp3) is 0.640. The van der Waals surface area contributed by atoms with Crippen molar-refractivity contribution in [3.05, 3.63) is 29.6 Å². The average molecular weight is 459 g/mol. The van der Waals surface area contributed by atoms with Crippen molar-refractivity contribution in [1.29, 1.82) is 0 Å². The normalized spacial score (nSPS) is 32.7. The second kappa shape index (κ2) is 8.08. The van der Waals surface area contributed by atoms with E-state index < -0.39 is 16.8 Å². The van der Waals surface area contributed by atoms with Crippen LogP contribution in [0.1, 0.15) is 55.8 Å². The minimum atomic E-state index is -0.749. The number of hydrogen-bond donors (Lipinski definition) is 1. The van der Waals surface area contributed by atoms with Crippen LogP contribution < -0.4 is 4.90 Å². The van der Waals surface area contributed by atoms with Gasteiger partial charge in [-0.2, -0.15) is 0 Å². The molecule has 0 spiro atoms. The summed E-state index contributed by atoms with van der Waals surface area (Å²) in [5.74, 6) is -0.481. The lowest BCUT2D eigenvalue weighted by atomic mass is 9.48. The molecule has 0 unspecified atom stereocenters. The van der Waals surface area contributed by atoms with Crippen LogP contribution in [0.4, 0.5) is 10.1 Å². The standard InChI is InChI=1S/C25H31FN2O5/c1-16(29)19-2-3-21(20(26)9-19)27-4-6-28(7-5-27)22(30)14-33-23(31)24-10-17-8-18(11-24)13-25(32,12-17)15-24/h2-3,9,17-18,32H,4-8,10-15H2,1H3/t17-,18-,24?,25?/m1/s1. The largest absolute Gasteiger partial charge is 0.455 e. The Kier molecular flexibility index (Phi) is 5.46. The molecule has 0 aromatic heterocycles. The lowest BCUT2D eigenvalue weighted by Gasteiger charge is -2.58. The van der Waals surface area contributed by atoms with Crippen LogP contribution in [-0.4, -0.2) is 66.1 Å². The van der Waals surface area contributed by atoms with E-state index in [2.05, 4.69) is 0 Å². The van der Waals surface area contributed by atoms with Gasteiger partial charge in [0.05, 0.1) is 16.7 Å². The van der Waals surface area contributed by atoms with Gasteiger partial charge in [0.2, 0.25) is 0 Å². The number of anilines is 1. The Morgan fingerprint density at radius 1 is 1.09 bits per heavy atom. The zero-order valence-corrected chi connectivity index (χ0v) is 19.0. The van der Waals surface area contributed by atoms with Gasteiger partial charge >= 0.3 is 5.97 Å². The highest BCUT2D eigenvalue weighted by molar-refractivity contribution is 5.94. The SMILES string of the molecule is CC(=O)c1ccc(N2CCN(C(=O)COC(=O)C34C[C@H]5C[C@@H](CC(O)(C5)C3)C4)CC2)c(F)c1. The second-order valence-corrected chi connectivity index (χ2v) is 10.6. The van der Waals surface area contributed by atoms with Gasteiger partial charge < -0.3 is 19.6 Å². The first kappa shape index (κ1) is 22.3. The fourth-order valence-corrected chi connectivity index (χ4v) is 7.00. The van der Waals surface area contributed by atoms with Gasteiger partial charge in [0.1, 0.15) is 5.82 Å². The Hall–Kier alpha value is -2.48. The van der Waals surface area contributed by atoms with Crippen molar-refractivity contribution >= 4 is 23.3 Å². The van der Waals surface area contributed by atoms with Crippen LogP contribution in [0.2, 0.25) is 0 Å². The lowest BCUT2D eigenvalue weighted by Crippen LogP contribution is -2.58. The van der Waals surface area contributed by atoms with E-state index in [0.29, 0.717) is 55.7 Å². The molecule has 4 saturated carbocycles. The molecule has 4 bridgehead atoms. The number of rotatable bonds is 5. The number of piperazine rings is 1. The molecule has 1 aromatic rings. The van der Waals surface area contributed by atoms with Crippen LogP contribution >= 0.6 is 0 Å². The third kappa shape index (κ3) is 4.14. The maximum Gasteiger partial charge on any atom is 0.312 e. The number of esters is 1. The topological polar surface area (TPSA) is 87.2 Å².